The Morgan fingerprint density at radius 1 is 1.12 bits per heavy atom. The molecule has 1 spiro atoms. The highest BCUT2D eigenvalue weighted by Crippen LogP contribution is 2.48. The number of carbonyl (C=O) groups is 1. The van der Waals surface area contributed by atoms with Gasteiger partial charge in [-0.2, -0.15) is 0 Å². The monoisotopic (exact) mass is 358 g/mol. The third-order valence-electron chi connectivity index (χ3n) is 4.98. The predicted octanol–water partition coefficient (Wildman–Crippen LogP) is 3.09. The molecule has 2 aliphatic heterocycles. The summed E-state index contributed by atoms with van der Waals surface area (Å²) in [6, 6.07) is 9.43. The fourth-order valence-corrected chi connectivity index (χ4v) is 4.12. The minimum atomic E-state index is -0.979. The first-order valence-electron chi connectivity index (χ1n) is 8.14. The van der Waals surface area contributed by atoms with E-state index in [9.17, 15) is 4.79 Å². The van der Waals surface area contributed by atoms with Crippen LogP contribution in [0.15, 0.2) is 30.3 Å². The third kappa shape index (κ3) is 2.23. The van der Waals surface area contributed by atoms with Gasteiger partial charge in [0.15, 0.2) is 17.0 Å². The average Bonchev–Trinajstić information content (AvgIpc) is 2.86. The molecule has 5 nitrogen and oxygen atoms in total. The minimum absolute atomic E-state index is 0.107. The molecule has 6 heteroatoms. The predicted molar refractivity (Wildman–Crippen MR) is 96.7 cm³/mol. The highest BCUT2D eigenvalue weighted by molar-refractivity contribution is 6.31. The topological polar surface area (TPSA) is 59.6 Å². The zero-order chi connectivity index (χ0) is 17.8. The number of amides is 1. The Kier molecular flexibility index (Phi) is 3.67. The number of halogens is 1. The molecule has 130 valence electrons. The van der Waals surface area contributed by atoms with Gasteiger partial charge in [-0.15, -0.1) is 0 Å². The molecule has 0 fully saturated rings. The Bertz CT molecular complexity index is 883. The number of ether oxygens (including phenoxy) is 2. The van der Waals surface area contributed by atoms with Crippen LogP contribution >= 0.6 is 11.6 Å². The highest BCUT2D eigenvalue weighted by atomic mass is 35.5. The van der Waals surface area contributed by atoms with Crippen LogP contribution in [0.2, 0.25) is 5.02 Å². The van der Waals surface area contributed by atoms with E-state index < -0.39 is 5.54 Å². The van der Waals surface area contributed by atoms with Crippen LogP contribution in [0.1, 0.15) is 23.6 Å². The van der Waals surface area contributed by atoms with Crippen molar-refractivity contribution in [3.63, 3.8) is 0 Å². The van der Waals surface area contributed by atoms with Gasteiger partial charge >= 0.3 is 0 Å². The van der Waals surface area contributed by atoms with E-state index in [1.165, 1.54) is 0 Å². The van der Waals surface area contributed by atoms with Gasteiger partial charge in [0.2, 0.25) is 0 Å². The summed E-state index contributed by atoms with van der Waals surface area (Å²) in [5.41, 5.74) is 2.57. The van der Waals surface area contributed by atoms with Crippen molar-refractivity contribution < 1.29 is 14.3 Å². The van der Waals surface area contributed by atoms with Crippen molar-refractivity contribution >= 4 is 23.2 Å². The van der Waals surface area contributed by atoms with E-state index in [1.54, 1.807) is 20.3 Å². The molecule has 0 aromatic heterocycles. The van der Waals surface area contributed by atoms with Gasteiger partial charge in [0.1, 0.15) is 0 Å². The summed E-state index contributed by atoms with van der Waals surface area (Å²) < 4.78 is 10.9. The Labute approximate surface area is 151 Å². The molecule has 1 amide bonds. The Morgan fingerprint density at radius 2 is 1.84 bits per heavy atom. The summed E-state index contributed by atoms with van der Waals surface area (Å²) in [4.78, 5) is 13.1. The van der Waals surface area contributed by atoms with Gasteiger partial charge in [-0.05, 0) is 54.8 Å². The summed E-state index contributed by atoms with van der Waals surface area (Å²) in [5, 5.41) is 7.08. The average molecular weight is 359 g/mol. The van der Waals surface area contributed by atoms with E-state index >= 15 is 0 Å². The Hall–Kier alpha value is -2.24. The lowest BCUT2D eigenvalue weighted by Gasteiger charge is -2.39. The van der Waals surface area contributed by atoms with Crippen molar-refractivity contribution in [3.8, 4) is 11.5 Å². The lowest BCUT2D eigenvalue weighted by Crippen LogP contribution is -2.56. The van der Waals surface area contributed by atoms with Crippen LogP contribution < -0.4 is 20.1 Å². The van der Waals surface area contributed by atoms with Crippen LogP contribution in [0.5, 0.6) is 11.5 Å². The Balaban J connectivity index is 2.02. The fourth-order valence-electron chi connectivity index (χ4n) is 3.95. The van der Waals surface area contributed by atoms with Crippen LogP contribution in [-0.2, 0) is 16.8 Å². The minimum Gasteiger partial charge on any atom is -0.493 e. The normalized spacial score (nSPS) is 23.8. The molecule has 2 unspecified atom stereocenters. The van der Waals surface area contributed by atoms with Crippen LogP contribution in [0, 0.1) is 0 Å². The standard InChI is InChI=1S/C19H19ClN2O3/c1-10-6-11-7-16(24-2)17(25-3)9-13(11)19(22-10)14-8-12(20)4-5-15(14)21-18(19)23/h4-5,7-10,22H,6H2,1-3H3,(H,21,23). The number of methoxy groups -OCH3 is 2. The molecule has 2 aromatic rings. The number of fused-ring (bicyclic) bond motifs is 4. The first-order chi connectivity index (χ1) is 12.0. The Morgan fingerprint density at radius 3 is 2.56 bits per heavy atom. The zero-order valence-corrected chi connectivity index (χ0v) is 15.0. The lowest BCUT2D eigenvalue weighted by molar-refractivity contribution is -0.121. The van der Waals surface area contributed by atoms with Crippen molar-refractivity contribution in [2.45, 2.75) is 24.9 Å². The molecule has 0 bridgehead atoms. The lowest BCUT2D eigenvalue weighted by atomic mass is 9.76. The number of hydrogen-bond acceptors (Lipinski definition) is 4. The van der Waals surface area contributed by atoms with Gasteiger partial charge in [0.05, 0.1) is 14.2 Å². The molecule has 2 atom stereocenters. The van der Waals surface area contributed by atoms with E-state index in [4.69, 9.17) is 21.1 Å². The van der Waals surface area contributed by atoms with Gasteiger partial charge < -0.3 is 14.8 Å². The van der Waals surface area contributed by atoms with Crippen LogP contribution in [0.4, 0.5) is 5.69 Å². The molecule has 2 N–H and O–H groups in total. The van der Waals surface area contributed by atoms with Gasteiger partial charge in [-0.25, -0.2) is 0 Å². The highest BCUT2D eigenvalue weighted by Gasteiger charge is 2.52. The third-order valence-corrected chi connectivity index (χ3v) is 5.21. The summed E-state index contributed by atoms with van der Waals surface area (Å²) in [6.45, 7) is 2.07. The van der Waals surface area contributed by atoms with E-state index in [0.717, 1.165) is 28.8 Å². The molecule has 25 heavy (non-hydrogen) atoms. The number of rotatable bonds is 2. The molecule has 2 aliphatic rings. The number of carbonyl (C=O) groups excluding carboxylic acids is 1. The van der Waals surface area contributed by atoms with Crippen molar-refractivity contribution in [2.24, 2.45) is 0 Å². The zero-order valence-electron chi connectivity index (χ0n) is 14.3. The second-order valence-electron chi connectivity index (χ2n) is 6.51. The summed E-state index contributed by atoms with van der Waals surface area (Å²) >= 11 is 6.23. The molecule has 4 rings (SSSR count). The quantitative estimate of drug-likeness (QED) is 0.866. The van der Waals surface area contributed by atoms with Crippen molar-refractivity contribution in [1.29, 1.82) is 0 Å². The number of anilines is 1. The van der Waals surface area contributed by atoms with Crippen molar-refractivity contribution in [3.05, 3.63) is 52.0 Å². The fraction of sp³-hybridized carbons (Fsp3) is 0.316. The van der Waals surface area contributed by atoms with E-state index in [1.807, 2.05) is 24.3 Å². The van der Waals surface area contributed by atoms with E-state index in [0.29, 0.717) is 16.5 Å². The maximum Gasteiger partial charge on any atom is 0.254 e. The van der Waals surface area contributed by atoms with Gasteiger partial charge in [-0.1, -0.05) is 11.6 Å². The second kappa shape index (κ2) is 5.64. The summed E-state index contributed by atoms with van der Waals surface area (Å²) in [7, 11) is 3.21. The summed E-state index contributed by atoms with van der Waals surface area (Å²) in [5.74, 6) is 1.15. The van der Waals surface area contributed by atoms with E-state index in [2.05, 4.69) is 17.6 Å². The smallest absolute Gasteiger partial charge is 0.254 e. The van der Waals surface area contributed by atoms with Gasteiger partial charge in [0, 0.05) is 22.3 Å². The van der Waals surface area contributed by atoms with Crippen LogP contribution in [0.3, 0.4) is 0 Å². The molecule has 2 aromatic carbocycles. The molecule has 0 saturated carbocycles. The maximum absolute atomic E-state index is 13.1. The van der Waals surface area contributed by atoms with Gasteiger partial charge in [-0.3, -0.25) is 10.1 Å². The van der Waals surface area contributed by atoms with Crippen LogP contribution in [-0.4, -0.2) is 26.2 Å². The summed E-state index contributed by atoms with van der Waals surface area (Å²) in [6.07, 6.45) is 0.792. The largest absolute Gasteiger partial charge is 0.493 e. The van der Waals surface area contributed by atoms with E-state index in [-0.39, 0.29) is 11.9 Å². The van der Waals surface area contributed by atoms with Crippen molar-refractivity contribution in [1.82, 2.24) is 5.32 Å². The molecule has 0 radical (unpaired) electrons. The van der Waals surface area contributed by atoms with Crippen LogP contribution in [0.25, 0.3) is 0 Å². The number of nitrogens with one attached hydrogen (secondary N) is 2. The maximum atomic E-state index is 13.1. The van der Waals surface area contributed by atoms with Crippen molar-refractivity contribution in [2.75, 3.05) is 19.5 Å². The SMILES string of the molecule is COc1cc2c(cc1OC)C1(NC(C)C2)C(=O)Nc2ccc(Cl)cc21. The molecule has 0 aliphatic carbocycles. The molecule has 2 heterocycles. The second-order valence-corrected chi connectivity index (χ2v) is 6.94. The number of hydrogen-bond donors (Lipinski definition) is 2. The molecular weight excluding hydrogens is 340 g/mol. The first-order valence-corrected chi connectivity index (χ1v) is 8.52. The number of benzene rings is 2. The first kappa shape index (κ1) is 16.2. The molecule has 0 saturated heterocycles. The molecular formula is C19H19ClN2O3. The van der Waals surface area contributed by atoms with Gasteiger partial charge in [0.25, 0.3) is 5.91 Å².